The minimum absolute atomic E-state index is 0.0522. The van der Waals surface area contributed by atoms with Gasteiger partial charge in [-0.05, 0) is 99.3 Å². The van der Waals surface area contributed by atoms with E-state index in [1.165, 1.54) is 28.4 Å². The lowest BCUT2D eigenvalue weighted by molar-refractivity contribution is -0.144. The van der Waals surface area contributed by atoms with Crippen LogP contribution in [-0.2, 0) is 141 Å². The van der Waals surface area contributed by atoms with Gasteiger partial charge in [-0.25, -0.2) is 38.4 Å². The second-order valence-corrected chi connectivity index (χ2v) is 35.7. The van der Waals surface area contributed by atoms with Crippen LogP contribution in [0.2, 0.25) is 0 Å². The summed E-state index contributed by atoms with van der Waals surface area (Å²) < 4.78 is 66.0. The summed E-state index contributed by atoms with van der Waals surface area (Å²) >= 11 is 0. The number of carbonyl (C=O) groups is 16. The molecule has 0 aliphatic carbocycles. The highest BCUT2D eigenvalue weighted by Gasteiger charge is 2.36. The van der Waals surface area contributed by atoms with Crippen molar-refractivity contribution in [3.63, 3.8) is 0 Å². The molecule has 0 radical (unpaired) electrons. The highest BCUT2D eigenvalue weighted by molar-refractivity contribution is 8.77. The number of unbranched alkanes of at least 4 members (excludes halogenated alkanes) is 4. The summed E-state index contributed by atoms with van der Waals surface area (Å²) in [4.78, 5) is 215. The summed E-state index contributed by atoms with van der Waals surface area (Å²) in [5, 5.41) is 32.5. The van der Waals surface area contributed by atoms with Gasteiger partial charge < -0.3 is 121 Å². The fraction of sp³-hybridized carbons (Fsp3) is 0.551. The number of nitrogens with one attached hydrogen (secondary N) is 12. The summed E-state index contributed by atoms with van der Waals surface area (Å²) in [5.41, 5.74) is 1.51. The molecule has 4 aromatic rings. The van der Waals surface area contributed by atoms with E-state index in [4.69, 9.17) is 56.8 Å². The summed E-state index contributed by atoms with van der Waals surface area (Å²) in [7, 11) is 9.17. The minimum Gasteiger partial charge on any atom is -0.467 e. The lowest BCUT2D eigenvalue weighted by Gasteiger charge is -2.33. The molecule has 8 atom stereocenters. The molecule has 2 saturated heterocycles. The molecule has 2 aliphatic rings. The molecule has 2 heterocycles. The molecule has 732 valence electrons. The van der Waals surface area contributed by atoms with E-state index >= 15 is 0 Å². The van der Waals surface area contributed by atoms with Crippen LogP contribution in [0.5, 0.6) is 0 Å². The smallest absolute Gasteiger partial charge is 0.408 e. The number of benzene rings is 4. The van der Waals surface area contributed by atoms with Crippen LogP contribution in [0.4, 0.5) is 19.2 Å². The van der Waals surface area contributed by atoms with E-state index in [1.54, 1.807) is 97.1 Å². The average molecular weight is 1940 g/mol. The standard InChI is InChI=1S/C89H124N12O28S4/c1-118-81(110)65(98-85(114)126-49-61-25-9-5-10-26-61)33-17-21-41-90-77(106)69-53-130-131-54-70(78(107)91-42-22-18-34-66(82(111)119-2)99-86(115)127-50-62-27-11-6-12-28-62)95-74(103)38-46-123-58-89(57-122-45-37-73(102)94-69)59-124-47-39-75(104)96-71(79(108)92-43-23-19-35-67(83(112)120-3)100-87(116)128-51-63-29-13-7-14-30-63)55-132-133-56-72(97-76(105)40-48-125-60-89)80(109)93-44-24-20-36-68(84(113)121-4)101-88(117)129-52-64-31-15-8-16-32-64/h5-16,25-32,65-72H,17-24,33-60H2,1-4H3,(H,90,106)(H,91,107)(H,92,108)(H,93,109)(H,94,102)(H,95,103)(H,96,104)(H,97,105)(H,98,114)(H,99,115)(H,100,116)(H,101,117)/t65-,66-,67-,68-,69+,70?,71?,72?,89?/m0/s1. The molecule has 133 heavy (non-hydrogen) atoms. The predicted molar refractivity (Wildman–Crippen MR) is 491 cm³/mol. The fourth-order valence-corrected chi connectivity index (χ4v) is 17.4. The zero-order valence-corrected chi connectivity index (χ0v) is 78.5. The van der Waals surface area contributed by atoms with Crippen molar-refractivity contribution in [3.8, 4) is 0 Å². The van der Waals surface area contributed by atoms with Crippen molar-refractivity contribution in [2.24, 2.45) is 5.41 Å². The first-order valence-electron chi connectivity index (χ1n) is 43.7. The monoisotopic (exact) mass is 1940 g/mol. The van der Waals surface area contributed by atoms with E-state index in [0.717, 1.165) is 65.4 Å². The molecule has 1 spiro atoms. The number of ether oxygens (including phenoxy) is 12. The Kier molecular flexibility index (Phi) is 54.4. The molecule has 0 saturated carbocycles. The number of amides is 12. The third-order valence-corrected chi connectivity index (χ3v) is 24.9. The number of alkyl carbamates (subject to hydrolysis) is 4. The maximum absolute atomic E-state index is 14.2. The number of hydrogen-bond acceptors (Lipinski definition) is 32. The van der Waals surface area contributed by atoms with E-state index in [9.17, 15) is 76.7 Å². The van der Waals surface area contributed by atoms with Crippen LogP contribution >= 0.6 is 43.2 Å². The van der Waals surface area contributed by atoms with Gasteiger partial charge >= 0.3 is 48.3 Å². The summed E-state index contributed by atoms with van der Waals surface area (Å²) in [6, 6.07) is 26.4. The Labute approximate surface area is 788 Å². The molecule has 40 nitrogen and oxygen atoms in total. The van der Waals surface area contributed by atoms with E-state index in [2.05, 4.69) is 63.8 Å². The van der Waals surface area contributed by atoms with E-state index in [0.29, 0.717) is 51.4 Å². The van der Waals surface area contributed by atoms with Crippen LogP contribution in [0.25, 0.3) is 0 Å². The minimum atomic E-state index is -1.38. The molecule has 0 aromatic heterocycles. The van der Waals surface area contributed by atoms with Gasteiger partial charge in [0.25, 0.3) is 0 Å². The van der Waals surface area contributed by atoms with Gasteiger partial charge in [0, 0.05) is 74.9 Å². The summed E-state index contributed by atoms with van der Waals surface area (Å²) in [6.45, 7) is -2.28. The third-order valence-electron chi connectivity index (χ3n) is 20.1. The Hall–Kier alpha value is -11.2. The molecule has 0 bridgehead atoms. The SMILES string of the molecule is COC(=O)[C@H](CCCCNC(=O)C1CSSCC(C(=O)NCCCC[C@H](NC(=O)OCc2ccccc2)C(=O)OC)NC(=O)CCOCC2(COCCC(=O)N1)COCCC(=O)NC(C(=O)NCCCC[C@H](NC(=O)OCc1ccccc1)C(=O)OC)CSSC[C@H](C(=O)NCCCC[C@H](NC(=O)OCc1ccccc1)C(=O)OC)NC(=O)CCOC2)NC(=O)OCc1ccccc1. The Morgan fingerprint density at radius 2 is 0.526 bits per heavy atom. The average Bonchev–Trinajstić information content (AvgIpc) is 1.25. The molecule has 12 amide bonds. The number of rotatable bonds is 40. The van der Waals surface area contributed by atoms with Crippen LogP contribution in [0.3, 0.4) is 0 Å². The Morgan fingerprint density at radius 3 is 0.722 bits per heavy atom. The second kappa shape index (κ2) is 65.4. The molecule has 3 unspecified atom stereocenters. The normalized spacial score (nSPS) is 18.7. The van der Waals surface area contributed by atoms with Crippen LogP contribution in [0.15, 0.2) is 121 Å². The van der Waals surface area contributed by atoms with Gasteiger partial charge in [0.1, 0.15) is 74.8 Å². The highest BCUT2D eigenvalue weighted by Crippen LogP contribution is 2.27. The van der Waals surface area contributed by atoms with Gasteiger partial charge in [0.15, 0.2) is 0 Å². The predicted octanol–water partition coefficient (Wildman–Crippen LogP) is 5.35. The largest absolute Gasteiger partial charge is 0.467 e. The maximum Gasteiger partial charge on any atom is 0.408 e. The lowest BCUT2D eigenvalue weighted by Crippen LogP contribution is -2.49. The van der Waals surface area contributed by atoms with Crippen molar-refractivity contribution in [1.29, 1.82) is 0 Å². The van der Waals surface area contributed by atoms with Gasteiger partial charge in [-0.2, -0.15) is 0 Å². The molecule has 2 aliphatic heterocycles. The molecule has 2 fully saturated rings. The van der Waals surface area contributed by atoms with Crippen LogP contribution < -0.4 is 63.8 Å². The second-order valence-electron chi connectivity index (χ2n) is 30.6. The van der Waals surface area contributed by atoms with E-state index in [1.807, 2.05) is 24.3 Å². The van der Waals surface area contributed by atoms with Crippen molar-refractivity contribution >= 4 is 139 Å². The fourth-order valence-electron chi connectivity index (χ4n) is 12.8. The maximum atomic E-state index is 14.2. The van der Waals surface area contributed by atoms with Crippen molar-refractivity contribution < 1.29 is 134 Å². The summed E-state index contributed by atoms with van der Waals surface area (Å²) in [6.07, 6.45) is -1.87. The van der Waals surface area contributed by atoms with Gasteiger partial charge in [-0.1, -0.05) is 165 Å². The molecule has 12 N–H and O–H groups in total. The van der Waals surface area contributed by atoms with Crippen molar-refractivity contribution in [3.05, 3.63) is 144 Å². The topological polar surface area (TPSA) is 528 Å². The Morgan fingerprint density at radius 1 is 0.323 bits per heavy atom. The third kappa shape index (κ3) is 46.9. The lowest BCUT2D eigenvalue weighted by atomic mass is 9.92. The number of carbonyl (C=O) groups excluding carboxylic acids is 16. The molecule has 6 rings (SSSR count). The first-order chi connectivity index (χ1) is 64.4. The molecule has 4 aromatic carbocycles. The number of hydrogen-bond donors (Lipinski definition) is 12. The zero-order valence-electron chi connectivity index (χ0n) is 75.2. The van der Waals surface area contributed by atoms with Crippen molar-refractivity contribution in [2.75, 3.05) is 130 Å². The van der Waals surface area contributed by atoms with E-state index < -0.39 is 149 Å². The van der Waals surface area contributed by atoms with Crippen LogP contribution in [0, 0.1) is 5.41 Å². The zero-order chi connectivity index (χ0) is 96.1. The molecule has 44 heteroatoms. The van der Waals surface area contributed by atoms with Crippen molar-refractivity contribution in [2.45, 2.75) is 177 Å². The first kappa shape index (κ1) is 111. The van der Waals surface area contributed by atoms with Crippen LogP contribution in [0.1, 0.15) is 125 Å². The summed E-state index contributed by atoms with van der Waals surface area (Å²) in [5.74, 6) is -8.11. The van der Waals surface area contributed by atoms with Crippen LogP contribution in [-0.4, -0.2) is 274 Å². The Balaban J connectivity index is 1.18. The van der Waals surface area contributed by atoms with Gasteiger partial charge in [0.05, 0.1) is 86.7 Å². The van der Waals surface area contributed by atoms with Gasteiger partial charge in [-0.15, -0.1) is 0 Å². The highest BCUT2D eigenvalue weighted by atomic mass is 33.1. The van der Waals surface area contributed by atoms with Gasteiger partial charge in [-0.3, -0.25) is 38.4 Å². The van der Waals surface area contributed by atoms with Gasteiger partial charge in [0.2, 0.25) is 47.3 Å². The first-order valence-corrected chi connectivity index (χ1v) is 48.6. The van der Waals surface area contributed by atoms with Crippen molar-refractivity contribution in [1.82, 2.24) is 63.8 Å². The Bertz CT molecular complexity index is 3730. The quantitative estimate of drug-likeness (QED) is 0.0116. The number of methoxy groups -OCH3 is 4. The number of esters is 4. The molecular weight excluding hydrogens is 1810 g/mol. The molecular formula is C89H124N12O28S4. The van der Waals surface area contributed by atoms with E-state index in [-0.39, 0.29) is 180 Å².